The van der Waals surface area contributed by atoms with E-state index in [0.29, 0.717) is 30.3 Å². The van der Waals surface area contributed by atoms with Gasteiger partial charge in [0.2, 0.25) is 5.88 Å². The Morgan fingerprint density at radius 3 is 2.88 bits per heavy atom. The van der Waals surface area contributed by atoms with Gasteiger partial charge in [0, 0.05) is 24.7 Å². The van der Waals surface area contributed by atoms with Gasteiger partial charge < -0.3 is 24.4 Å². The Bertz CT molecular complexity index is 1450. The zero-order chi connectivity index (χ0) is 28.8. The molecule has 0 saturated carbocycles. The summed E-state index contributed by atoms with van der Waals surface area (Å²) in [4.78, 5) is 26.3. The minimum Gasteiger partial charge on any atom is -0.474 e. The molecule has 3 aliphatic heterocycles. The highest BCUT2D eigenvalue weighted by Crippen LogP contribution is 2.39. The highest BCUT2D eigenvalue weighted by atomic mass is 19.4. The molecular weight excluding hydrogens is 543 g/mol. The van der Waals surface area contributed by atoms with Crippen molar-refractivity contribution in [3.63, 3.8) is 0 Å². The van der Waals surface area contributed by atoms with Crippen LogP contribution in [-0.2, 0) is 15.7 Å². The molecule has 0 radical (unpaired) electrons. The van der Waals surface area contributed by atoms with E-state index in [-0.39, 0.29) is 36.0 Å². The second kappa shape index (κ2) is 10.4. The number of alkyl halides is 3. The van der Waals surface area contributed by atoms with Crippen LogP contribution in [-0.4, -0.2) is 70.4 Å². The minimum atomic E-state index is -4.51. The Labute approximate surface area is 233 Å². The standard InChI is InChI=1S/C27H28F3N7O4/c1-26(2)40-15-20(41-26)14-39-22-10-18(11-32-35-22)33-25(38)37-19-7-4-8-36(13-19)21-12-31-23(34-24(21)37)16-5-3-6-17(9-16)27(28,29)30/h3,5-6,9-12,19-20H,4,7-8,13-15H2,1-2H3,(H,33,35,38)/t19?,20-/m0/s1. The number of benzene rings is 1. The summed E-state index contributed by atoms with van der Waals surface area (Å²) < 4.78 is 57.0. The number of rotatable bonds is 5. The second-order valence-electron chi connectivity index (χ2n) is 10.6. The zero-order valence-corrected chi connectivity index (χ0v) is 22.4. The van der Waals surface area contributed by atoms with Crippen molar-refractivity contribution >= 4 is 23.2 Å². The molecule has 216 valence electrons. The lowest BCUT2D eigenvalue weighted by molar-refractivity contribution is -0.141. The Balaban J connectivity index is 1.24. The van der Waals surface area contributed by atoms with E-state index in [0.717, 1.165) is 31.5 Å². The van der Waals surface area contributed by atoms with Crippen LogP contribution in [0.25, 0.3) is 11.4 Å². The molecule has 3 aromatic rings. The first kappa shape index (κ1) is 27.1. The number of urea groups is 1. The van der Waals surface area contributed by atoms with Crippen LogP contribution in [0.2, 0.25) is 0 Å². The smallest absolute Gasteiger partial charge is 0.416 e. The maximum atomic E-state index is 13.7. The maximum Gasteiger partial charge on any atom is 0.416 e. The van der Waals surface area contributed by atoms with Crippen LogP contribution in [0.1, 0.15) is 32.3 Å². The van der Waals surface area contributed by atoms with Crippen LogP contribution in [0.3, 0.4) is 0 Å². The van der Waals surface area contributed by atoms with Crippen LogP contribution >= 0.6 is 0 Å². The van der Waals surface area contributed by atoms with Gasteiger partial charge in [-0.2, -0.15) is 18.3 Å². The molecule has 2 aromatic heterocycles. The van der Waals surface area contributed by atoms with E-state index in [9.17, 15) is 18.0 Å². The van der Waals surface area contributed by atoms with Crippen molar-refractivity contribution < 1.29 is 32.2 Å². The third kappa shape index (κ3) is 5.75. The van der Waals surface area contributed by atoms with Gasteiger partial charge in [0.25, 0.3) is 0 Å². The molecule has 6 rings (SSSR count). The van der Waals surface area contributed by atoms with Crippen molar-refractivity contribution in [2.24, 2.45) is 0 Å². The van der Waals surface area contributed by atoms with Gasteiger partial charge in [-0.1, -0.05) is 12.1 Å². The first-order valence-electron chi connectivity index (χ1n) is 13.2. The van der Waals surface area contributed by atoms with Crippen molar-refractivity contribution in [3.05, 3.63) is 48.3 Å². The molecule has 2 fully saturated rings. The normalized spacial score (nSPS) is 21.4. The molecule has 5 heterocycles. The number of piperidine rings is 1. The summed E-state index contributed by atoms with van der Waals surface area (Å²) in [6.45, 7) is 5.58. The van der Waals surface area contributed by atoms with Gasteiger partial charge in [-0.15, -0.1) is 5.10 Å². The highest BCUT2D eigenvalue weighted by molar-refractivity contribution is 6.04. The summed E-state index contributed by atoms with van der Waals surface area (Å²) in [5.74, 6) is -0.0515. The summed E-state index contributed by atoms with van der Waals surface area (Å²) in [6.07, 6.45) is -0.203. The lowest BCUT2D eigenvalue weighted by Crippen LogP contribution is -2.56. The van der Waals surface area contributed by atoms with E-state index >= 15 is 0 Å². The number of hydrogen-bond donors (Lipinski definition) is 1. The van der Waals surface area contributed by atoms with Gasteiger partial charge in [-0.25, -0.2) is 14.8 Å². The number of nitrogens with one attached hydrogen (secondary N) is 1. The first-order chi connectivity index (χ1) is 19.6. The molecule has 11 nitrogen and oxygen atoms in total. The van der Waals surface area contributed by atoms with Gasteiger partial charge in [0.05, 0.1) is 42.0 Å². The first-order valence-corrected chi connectivity index (χ1v) is 13.2. The van der Waals surface area contributed by atoms with Gasteiger partial charge >= 0.3 is 12.2 Å². The third-order valence-electron chi connectivity index (χ3n) is 7.12. The van der Waals surface area contributed by atoms with E-state index in [1.165, 1.54) is 18.3 Å². The number of halogens is 3. The van der Waals surface area contributed by atoms with Gasteiger partial charge in [-0.3, -0.25) is 4.90 Å². The van der Waals surface area contributed by atoms with E-state index in [4.69, 9.17) is 14.2 Å². The van der Waals surface area contributed by atoms with Crippen LogP contribution in [0.5, 0.6) is 5.88 Å². The zero-order valence-electron chi connectivity index (χ0n) is 22.4. The Hall–Kier alpha value is -4.04. The Morgan fingerprint density at radius 1 is 1.24 bits per heavy atom. The molecule has 2 amide bonds. The number of nitrogens with zero attached hydrogens (tertiary/aromatic N) is 6. The third-order valence-corrected chi connectivity index (χ3v) is 7.12. The molecule has 2 atom stereocenters. The average Bonchev–Trinajstić information content (AvgIpc) is 3.30. The Kier molecular flexibility index (Phi) is 6.90. The van der Waals surface area contributed by atoms with Crippen molar-refractivity contribution in [1.82, 2.24) is 20.2 Å². The summed E-state index contributed by atoms with van der Waals surface area (Å²) in [6, 6.07) is 5.73. The molecule has 0 aliphatic carbocycles. The fourth-order valence-electron chi connectivity index (χ4n) is 5.25. The molecule has 1 unspecified atom stereocenters. The van der Waals surface area contributed by atoms with Crippen molar-refractivity contribution in [2.75, 3.05) is 41.4 Å². The summed E-state index contributed by atoms with van der Waals surface area (Å²) in [5.41, 5.74) is 0.403. The molecule has 0 spiro atoms. The van der Waals surface area contributed by atoms with Crippen molar-refractivity contribution in [3.8, 4) is 17.3 Å². The van der Waals surface area contributed by atoms with Crippen LogP contribution in [0, 0.1) is 0 Å². The quantitative estimate of drug-likeness (QED) is 0.473. The fourth-order valence-corrected chi connectivity index (χ4v) is 5.25. The summed E-state index contributed by atoms with van der Waals surface area (Å²) >= 11 is 0. The number of carbonyl (C=O) groups is 1. The average molecular weight is 572 g/mol. The minimum absolute atomic E-state index is 0.0939. The summed E-state index contributed by atoms with van der Waals surface area (Å²) in [7, 11) is 0. The number of ether oxygens (including phenoxy) is 3. The molecule has 41 heavy (non-hydrogen) atoms. The number of anilines is 3. The molecule has 1 N–H and O–H groups in total. The lowest BCUT2D eigenvalue weighted by atomic mass is 10.0. The highest BCUT2D eigenvalue weighted by Gasteiger charge is 2.39. The topological polar surface area (TPSA) is 115 Å². The van der Waals surface area contributed by atoms with Crippen molar-refractivity contribution in [1.29, 1.82) is 0 Å². The molecule has 3 aliphatic rings. The van der Waals surface area contributed by atoms with E-state index < -0.39 is 23.6 Å². The molecule has 2 bridgehead atoms. The van der Waals surface area contributed by atoms with E-state index in [1.807, 2.05) is 13.8 Å². The largest absolute Gasteiger partial charge is 0.474 e. The molecule has 1 aromatic carbocycles. The predicted molar refractivity (Wildman–Crippen MR) is 142 cm³/mol. The number of fused-ring (bicyclic) bond motifs is 4. The van der Waals surface area contributed by atoms with Crippen molar-refractivity contribution in [2.45, 2.75) is 50.8 Å². The van der Waals surface area contributed by atoms with Crippen LogP contribution in [0.15, 0.2) is 42.7 Å². The van der Waals surface area contributed by atoms with Gasteiger partial charge in [0.1, 0.15) is 12.7 Å². The number of aromatic nitrogens is 4. The maximum absolute atomic E-state index is 13.7. The van der Waals surface area contributed by atoms with Crippen LogP contribution < -0.4 is 19.9 Å². The van der Waals surface area contributed by atoms with Crippen LogP contribution in [0.4, 0.5) is 35.2 Å². The van der Waals surface area contributed by atoms with E-state index in [1.54, 1.807) is 17.2 Å². The summed E-state index contributed by atoms with van der Waals surface area (Å²) in [5, 5.41) is 10.8. The lowest BCUT2D eigenvalue weighted by Gasteiger charge is -2.45. The fraction of sp³-hybridized carbons (Fsp3) is 0.444. The number of amides is 2. The second-order valence-corrected chi connectivity index (χ2v) is 10.6. The Morgan fingerprint density at radius 2 is 2.10 bits per heavy atom. The monoisotopic (exact) mass is 571 g/mol. The number of hydrogen-bond acceptors (Lipinski definition) is 9. The van der Waals surface area contributed by atoms with E-state index in [2.05, 4.69) is 30.4 Å². The SMILES string of the molecule is CC1(C)OC[C@H](COc2cc(NC(=O)N3c4nc(-c5cccc(C(F)(F)F)c5)ncc4N4CCCC3C4)cnn2)O1. The molecule has 14 heteroatoms. The number of carbonyl (C=O) groups excluding carboxylic acids is 1. The van der Waals surface area contributed by atoms with Gasteiger partial charge in [0.15, 0.2) is 17.4 Å². The molecular formula is C27H28F3N7O4. The predicted octanol–water partition coefficient (Wildman–Crippen LogP) is 4.50. The van der Waals surface area contributed by atoms with Gasteiger partial charge in [-0.05, 0) is 38.8 Å². The molecule has 2 saturated heterocycles.